The fraction of sp³-hybridized carbons (Fsp3) is 0.788. The van der Waals surface area contributed by atoms with E-state index < -0.39 is 5.60 Å². The zero-order valence-electron chi connectivity index (χ0n) is 26.2. The van der Waals surface area contributed by atoms with Gasteiger partial charge in [-0.1, -0.05) is 86.9 Å². The highest BCUT2D eigenvalue weighted by Crippen LogP contribution is 2.59. The number of hydrogen-bond donors (Lipinski definition) is 0. The molecule has 0 saturated heterocycles. The number of fused-ring (bicyclic) bond motifs is 6. The van der Waals surface area contributed by atoms with Crippen molar-refractivity contribution < 1.29 is 14.3 Å². The van der Waals surface area contributed by atoms with Gasteiger partial charge in [-0.2, -0.15) is 0 Å². The molecule has 0 radical (unpaired) electrons. The van der Waals surface area contributed by atoms with E-state index in [-0.39, 0.29) is 5.97 Å². The smallest absolute Gasteiger partial charge is 0.339 e. The van der Waals surface area contributed by atoms with Gasteiger partial charge in [-0.05, 0) is 87.0 Å². The highest BCUT2D eigenvalue weighted by Gasteiger charge is 2.50. The summed E-state index contributed by atoms with van der Waals surface area (Å²) in [4.78, 5) is 11.3. The lowest BCUT2D eigenvalue weighted by molar-refractivity contribution is 0.00954. The number of carbonyl (C=O) groups is 1. The summed E-state index contributed by atoms with van der Waals surface area (Å²) in [7, 11) is 3.25. The van der Waals surface area contributed by atoms with Gasteiger partial charge >= 0.3 is 5.97 Å². The minimum Gasteiger partial charge on any atom is -0.451 e. The van der Waals surface area contributed by atoms with E-state index in [9.17, 15) is 4.79 Å². The number of benzene rings is 1. The average molecular weight is 505 g/mol. The van der Waals surface area contributed by atoms with Crippen LogP contribution in [-0.4, -0.2) is 20.2 Å². The summed E-state index contributed by atoms with van der Waals surface area (Å²) in [6, 6.07) is 7.50. The van der Waals surface area contributed by atoms with Gasteiger partial charge in [0.25, 0.3) is 0 Å². The van der Waals surface area contributed by atoms with Crippen LogP contribution in [0.3, 0.4) is 0 Å². The number of cyclic esters (lactones) is 1. The van der Waals surface area contributed by atoms with Gasteiger partial charge in [0.15, 0.2) is 0 Å². The Hall–Kier alpha value is -1.35. The molecule has 3 fully saturated rings. The molecule has 3 saturated carbocycles. The Bertz CT molecular complexity index is 705. The molecule has 3 nitrogen and oxygen atoms in total. The quantitative estimate of drug-likeness (QED) is 0.330. The average Bonchev–Trinajstić information content (AvgIpc) is 3.52. The van der Waals surface area contributed by atoms with Gasteiger partial charge in [-0.25, -0.2) is 4.79 Å². The van der Waals surface area contributed by atoms with Gasteiger partial charge in [-0.15, -0.1) is 0 Å². The SMILES string of the molecule is CC.CC(C)(C)C.CC1(C)OC(=O)c2ccccc21.CC1CC2C3CCC(C3)C2C1.CCC.COC. The topological polar surface area (TPSA) is 35.5 Å². The molecule has 210 valence electrons. The third kappa shape index (κ3) is 11.4. The van der Waals surface area contributed by atoms with Crippen molar-refractivity contribution >= 4 is 5.97 Å². The van der Waals surface area contributed by atoms with E-state index in [1.807, 2.05) is 45.9 Å². The lowest BCUT2D eigenvalue weighted by atomic mass is 9.82. The van der Waals surface area contributed by atoms with Gasteiger partial charge in [0.05, 0.1) is 5.56 Å². The molecule has 3 aliphatic carbocycles. The molecule has 36 heavy (non-hydrogen) atoms. The highest BCUT2D eigenvalue weighted by atomic mass is 16.6. The summed E-state index contributed by atoms with van der Waals surface area (Å²) in [6.45, 7) is 23.3. The Morgan fingerprint density at radius 3 is 1.69 bits per heavy atom. The van der Waals surface area contributed by atoms with E-state index in [1.54, 1.807) is 52.4 Å². The van der Waals surface area contributed by atoms with Crippen LogP contribution in [-0.2, 0) is 15.1 Å². The first kappa shape index (κ1) is 34.6. The molecule has 1 aromatic carbocycles. The predicted octanol–water partition coefficient (Wildman–Crippen LogP) is 9.93. The van der Waals surface area contributed by atoms with Gasteiger partial charge in [0, 0.05) is 19.8 Å². The first-order valence-corrected chi connectivity index (χ1v) is 14.5. The maximum atomic E-state index is 11.3. The summed E-state index contributed by atoms with van der Waals surface area (Å²) in [6.07, 6.45) is 9.18. The molecule has 0 N–H and O–H groups in total. The fourth-order valence-electron chi connectivity index (χ4n) is 5.82. The number of ether oxygens (including phenoxy) is 2. The third-order valence-electron chi connectivity index (χ3n) is 6.77. The van der Waals surface area contributed by atoms with E-state index in [0.717, 1.165) is 11.5 Å². The van der Waals surface area contributed by atoms with Gasteiger partial charge in [0.1, 0.15) is 5.60 Å². The molecule has 4 atom stereocenters. The molecular weight excluding hydrogens is 444 g/mol. The lowest BCUT2D eigenvalue weighted by Crippen LogP contribution is -2.15. The molecule has 0 spiro atoms. The fourth-order valence-corrected chi connectivity index (χ4v) is 5.82. The normalized spacial score (nSPS) is 27.5. The zero-order chi connectivity index (χ0) is 28.1. The van der Waals surface area contributed by atoms with Crippen LogP contribution in [0, 0.1) is 35.0 Å². The standard InChI is InChI=1S/C11H18.C10H10O2.C5H12.C3H8.C2H6O.C2H6/c1-7-4-10-8-2-3-9(6-8)11(10)5-7;1-10(2)8-6-4-3-5-7(8)9(11)12-10;1-5(2,3)4;2*1-3-2;1-2/h7-11H,2-6H2,1H3;3-6H,1-2H3;1-4H3;3H2,1-2H3;1-2H3;1-2H3. The molecule has 1 aliphatic heterocycles. The van der Waals surface area contributed by atoms with Crippen molar-refractivity contribution in [2.24, 2.45) is 35.0 Å². The van der Waals surface area contributed by atoms with Crippen LogP contribution in [0.4, 0.5) is 0 Å². The van der Waals surface area contributed by atoms with Crippen molar-refractivity contribution in [3.63, 3.8) is 0 Å². The van der Waals surface area contributed by atoms with E-state index in [2.05, 4.69) is 53.2 Å². The number of rotatable bonds is 0. The van der Waals surface area contributed by atoms with Crippen molar-refractivity contribution in [3.05, 3.63) is 35.4 Å². The largest absolute Gasteiger partial charge is 0.451 e. The molecular formula is C33H60O3. The van der Waals surface area contributed by atoms with Crippen LogP contribution in [0.25, 0.3) is 0 Å². The molecule has 1 aromatic rings. The first-order valence-electron chi connectivity index (χ1n) is 14.5. The second kappa shape index (κ2) is 16.5. The van der Waals surface area contributed by atoms with E-state index in [1.165, 1.54) is 30.1 Å². The Labute approximate surface area is 225 Å². The Morgan fingerprint density at radius 2 is 1.31 bits per heavy atom. The minimum atomic E-state index is -0.451. The van der Waals surface area contributed by atoms with E-state index >= 15 is 0 Å². The molecule has 0 amide bonds. The second-order valence-corrected chi connectivity index (χ2v) is 12.8. The summed E-state index contributed by atoms with van der Waals surface area (Å²) < 4.78 is 9.43. The number of hydrogen-bond acceptors (Lipinski definition) is 3. The molecule has 3 heteroatoms. The maximum absolute atomic E-state index is 11.3. The Kier molecular flexibility index (Phi) is 15.9. The summed E-state index contributed by atoms with van der Waals surface area (Å²) in [5.41, 5.74) is 1.73. The van der Waals surface area contributed by atoms with Gasteiger partial charge in [-0.3, -0.25) is 0 Å². The number of esters is 1. The van der Waals surface area contributed by atoms with E-state index in [4.69, 9.17) is 4.74 Å². The lowest BCUT2D eigenvalue weighted by Gasteiger charge is -2.23. The van der Waals surface area contributed by atoms with Crippen LogP contribution in [0.1, 0.15) is 131 Å². The Morgan fingerprint density at radius 1 is 0.917 bits per heavy atom. The molecule has 4 unspecified atom stereocenters. The number of methoxy groups -OCH3 is 1. The summed E-state index contributed by atoms with van der Waals surface area (Å²) >= 11 is 0. The van der Waals surface area contributed by atoms with Crippen LogP contribution < -0.4 is 0 Å². The zero-order valence-corrected chi connectivity index (χ0v) is 26.2. The van der Waals surface area contributed by atoms with Crippen molar-refractivity contribution in [1.29, 1.82) is 0 Å². The summed E-state index contributed by atoms with van der Waals surface area (Å²) in [5.74, 6) is 5.57. The van der Waals surface area contributed by atoms with Gasteiger partial charge in [0.2, 0.25) is 0 Å². The number of carbonyl (C=O) groups excluding carboxylic acids is 1. The molecule has 5 rings (SSSR count). The van der Waals surface area contributed by atoms with Gasteiger partial charge < -0.3 is 9.47 Å². The predicted molar refractivity (Wildman–Crippen MR) is 156 cm³/mol. The van der Waals surface area contributed by atoms with Crippen LogP contribution in [0.2, 0.25) is 0 Å². The maximum Gasteiger partial charge on any atom is 0.339 e. The first-order chi connectivity index (χ1) is 16.8. The van der Waals surface area contributed by atoms with Crippen LogP contribution in [0.15, 0.2) is 24.3 Å². The van der Waals surface area contributed by atoms with Crippen molar-refractivity contribution in [2.75, 3.05) is 14.2 Å². The van der Waals surface area contributed by atoms with Crippen LogP contribution >= 0.6 is 0 Å². The van der Waals surface area contributed by atoms with Crippen LogP contribution in [0.5, 0.6) is 0 Å². The monoisotopic (exact) mass is 504 g/mol. The molecule has 1 heterocycles. The molecule has 0 aromatic heterocycles. The molecule has 4 aliphatic rings. The van der Waals surface area contributed by atoms with Crippen molar-refractivity contribution in [2.45, 2.75) is 120 Å². The Balaban J connectivity index is 0.000000469. The molecule has 2 bridgehead atoms. The highest BCUT2D eigenvalue weighted by molar-refractivity contribution is 5.94. The summed E-state index contributed by atoms with van der Waals surface area (Å²) in [5, 5.41) is 0. The third-order valence-corrected chi connectivity index (χ3v) is 6.77. The van der Waals surface area contributed by atoms with Crippen molar-refractivity contribution in [1.82, 2.24) is 0 Å². The van der Waals surface area contributed by atoms with Crippen molar-refractivity contribution in [3.8, 4) is 0 Å². The minimum absolute atomic E-state index is 0.212. The second-order valence-electron chi connectivity index (χ2n) is 12.8. The van der Waals surface area contributed by atoms with E-state index in [0.29, 0.717) is 11.0 Å².